The Hall–Kier alpha value is -8.61. The molecule has 6 nitrogen and oxygen atoms in total. The molecule has 0 unspecified atom stereocenters. The van der Waals surface area contributed by atoms with Crippen LogP contribution < -0.4 is 0 Å². The van der Waals surface area contributed by atoms with E-state index in [1.807, 2.05) is 36.4 Å². The van der Waals surface area contributed by atoms with Gasteiger partial charge in [-0.15, -0.1) is 0 Å². The Morgan fingerprint density at radius 2 is 0.873 bits per heavy atom. The summed E-state index contributed by atoms with van der Waals surface area (Å²) in [6, 6.07) is 74.4. The third-order valence-electron chi connectivity index (χ3n) is 12.4. The van der Waals surface area contributed by atoms with Crippen LogP contribution in [0.2, 0.25) is 0 Å². The second-order valence-corrected chi connectivity index (χ2v) is 16.0. The van der Waals surface area contributed by atoms with Crippen molar-refractivity contribution in [2.24, 2.45) is 0 Å². The van der Waals surface area contributed by atoms with Gasteiger partial charge >= 0.3 is 0 Å². The maximum atomic E-state index is 6.47. The zero-order valence-corrected chi connectivity index (χ0v) is 33.9. The fraction of sp³-hybridized carbons (Fsp3) is 0. The zero-order valence-electron chi connectivity index (χ0n) is 33.9. The maximum Gasteiger partial charge on any atom is 0.238 e. The molecule has 0 amide bonds. The van der Waals surface area contributed by atoms with E-state index in [9.17, 15) is 0 Å². The van der Waals surface area contributed by atoms with E-state index in [0.29, 0.717) is 17.6 Å². The van der Waals surface area contributed by atoms with Crippen molar-refractivity contribution in [3.05, 3.63) is 212 Å². The molecule has 0 saturated heterocycles. The minimum Gasteiger partial charge on any atom is -0.456 e. The molecule has 0 aliphatic rings. The average Bonchev–Trinajstić information content (AvgIpc) is 4.02. The van der Waals surface area contributed by atoms with Gasteiger partial charge in [-0.2, -0.15) is 9.97 Å². The number of benzene rings is 9. The molecular formula is C57H35N5O. The van der Waals surface area contributed by atoms with Gasteiger partial charge in [0.1, 0.15) is 11.2 Å². The molecule has 0 spiro atoms. The highest BCUT2D eigenvalue weighted by atomic mass is 16.3. The molecule has 0 atom stereocenters. The highest BCUT2D eigenvalue weighted by Gasteiger charge is 2.25. The molecule has 6 heteroatoms. The second kappa shape index (κ2) is 14.0. The molecular weight excluding hydrogens is 771 g/mol. The van der Waals surface area contributed by atoms with Crippen molar-refractivity contribution in [2.45, 2.75) is 0 Å². The molecule has 9 aromatic carbocycles. The Labute approximate surface area is 361 Å². The van der Waals surface area contributed by atoms with Crippen LogP contribution in [0.1, 0.15) is 0 Å². The van der Waals surface area contributed by atoms with Crippen molar-refractivity contribution in [1.82, 2.24) is 24.1 Å². The fourth-order valence-electron chi connectivity index (χ4n) is 9.62. The van der Waals surface area contributed by atoms with Crippen LogP contribution in [-0.2, 0) is 0 Å². The van der Waals surface area contributed by atoms with Crippen molar-refractivity contribution < 1.29 is 4.42 Å². The molecule has 63 heavy (non-hydrogen) atoms. The number of para-hydroxylation sites is 3. The maximum absolute atomic E-state index is 6.47. The Balaban J connectivity index is 1.13. The van der Waals surface area contributed by atoms with Gasteiger partial charge in [0.25, 0.3) is 0 Å². The summed E-state index contributed by atoms with van der Waals surface area (Å²) in [6.07, 6.45) is 0. The van der Waals surface area contributed by atoms with Crippen LogP contribution in [-0.4, -0.2) is 24.1 Å². The molecule has 0 aliphatic carbocycles. The molecule has 13 rings (SSSR count). The molecule has 294 valence electrons. The first-order chi connectivity index (χ1) is 31.3. The van der Waals surface area contributed by atoms with Crippen molar-refractivity contribution in [1.29, 1.82) is 0 Å². The van der Waals surface area contributed by atoms with Crippen molar-refractivity contribution in [3.63, 3.8) is 0 Å². The van der Waals surface area contributed by atoms with Gasteiger partial charge in [0.05, 0.1) is 27.8 Å². The minimum atomic E-state index is 0.535. The molecule has 0 radical (unpaired) electrons. The summed E-state index contributed by atoms with van der Waals surface area (Å²) in [5.41, 5.74) is 13.3. The smallest absolute Gasteiger partial charge is 0.238 e. The zero-order chi connectivity index (χ0) is 41.4. The Morgan fingerprint density at radius 3 is 1.57 bits per heavy atom. The first-order valence-corrected chi connectivity index (χ1v) is 21.2. The van der Waals surface area contributed by atoms with Crippen molar-refractivity contribution in [2.75, 3.05) is 0 Å². The highest BCUT2D eigenvalue weighted by molar-refractivity contribution is 6.24. The number of hydrogen-bond acceptors (Lipinski definition) is 4. The van der Waals surface area contributed by atoms with E-state index in [-0.39, 0.29) is 0 Å². The van der Waals surface area contributed by atoms with Crippen molar-refractivity contribution in [3.8, 4) is 56.7 Å². The lowest BCUT2D eigenvalue weighted by atomic mass is 9.99. The quantitative estimate of drug-likeness (QED) is 0.168. The van der Waals surface area contributed by atoms with Gasteiger partial charge in [0.2, 0.25) is 5.95 Å². The average molecular weight is 806 g/mol. The molecule has 4 heterocycles. The number of rotatable bonds is 6. The number of nitrogens with zero attached hydrogens (tertiary/aromatic N) is 5. The number of hydrogen-bond donors (Lipinski definition) is 0. The van der Waals surface area contributed by atoms with Gasteiger partial charge in [0.15, 0.2) is 11.6 Å². The van der Waals surface area contributed by atoms with Crippen LogP contribution in [0.15, 0.2) is 217 Å². The second-order valence-electron chi connectivity index (χ2n) is 16.0. The SMILES string of the molecule is c1ccc(-c2nc(-c3ccc4oc5cccc(-c6ccccc6)c5c4c3)nc(-n3c4ccccc4c4ccc5c6ccccc6n(-c6ccccc6-c6ccccc6)c5c43)n2)cc1. The van der Waals surface area contributed by atoms with E-state index < -0.39 is 0 Å². The van der Waals surface area contributed by atoms with E-state index in [2.05, 4.69) is 185 Å². The van der Waals surface area contributed by atoms with Crippen LogP contribution in [0.3, 0.4) is 0 Å². The van der Waals surface area contributed by atoms with Gasteiger partial charge in [-0.05, 0) is 59.2 Å². The largest absolute Gasteiger partial charge is 0.456 e. The summed E-state index contributed by atoms with van der Waals surface area (Å²) < 4.78 is 11.2. The molecule has 0 fully saturated rings. The summed E-state index contributed by atoms with van der Waals surface area (Å²) >= 11 is 0. The van der Waals surface area contributed by atoms with E-state index in [0.717, 1.165) is 99.2 Å². The van der Waals surface area contributed by atoms with Crippen LogP contribution in [0.4, 0.5) is 0 Å². The lowest BCUT2D eigenvalue weighted by molar-refractivity contribution is 0.669. The Morgan fingerprint density at radius 1 is 0.333 bits per heavy atom. The third kappa shape index (κ3) is 5.48. The normalized spacial score (nSPS) is 11.8. The first-order valence-electron chi connectivity index (χ1n) is 21.2. The predicted molar refractivity (Wildman–Crippen MR) is 258 cm³/mol. The highest BCUT2D eigenvalue weighted by Crippen LogP contribution is 2.44. The summed E-state index contributed by atoms with van der Waals surface area (Å²) in [5, 5.41) is 6.62. The summed E-state index contributed by atoms with van der Waals surface area (Å²) in [5.74, 6) is 1.69. The van der Waals surface area contributed by atoms with Gasteiger partial charge < -0.3 is 8.98 Å². The fourth-order valence-corrected chi connectivity index (χ4v) is 9.62. The standard InChI is InChI=1S/C57H35N5O/c1-4-17-36(18-5-1)40-23-10-13-27-47(40)61-48-28-14-11-24-42(48)44-32-33-45-43-25-12-15-29-49(43)62(54(45)53(44)61)57-59-55(38-21-8-3-9-22-38)58-56(60-57)39-31-34-50-46(35-39)52-41(26-16-30-51(52)63-50)37-19-6-2-7-20-37/h1-35H. The summed E-state index contributed by atoms with van der Waals surface area (Å²) in [4.78, 5) is 16.1. The summed E-state index contributed by atoms with van der Waals surface area (Å²) in [6.45, 7) is 0. The molecule has 4 aromatic heterocycles. The van der Waals surface area contributed by atoms with Crippen molar-refractivity contribution >= 4 is 65.6 Å². The lowest BCUT2D eigenvalue weighted by Crippen LogP contribution is -2.07. The topological polar surface area (TPSA) is 61.7 Å². The van der Waals surface area contributed by atoms with E-state index in [1.54, 1.807) is 0 Å². The van der Waals surface area contributed by atoms with E-state index >= 15 is 0 Å². The van der Waals surface area contributed by atoms with Gasteiger partial charge in [0, 0.05) is 49.0 Å². The predicted octanol–water partition coefficient (Wildman–Crippen LogP) is 14.6. The van der Waals surface area contributed by atoms with Crippen LogP contribution in [0.5, 0.6) is 0 Å². The monoisotopic (exact) mass is 805 g/mol. The molecule has 13 aromatic rings. The molecule has 0 saturated carbocycles. The van der Waals surface area contributed by atoms with Crippen LogP contribution in [0.25, 0.3) is 122 Å². The summed E-state index contributed by atoms with van der Waals surface area (Å²) in [7, 11) is 0. The lowest BCUT2D eigenvalue weighted by Gasteiger charge is -2.16. The van der Waals surface area contributed by atoms with Gasteiger partial charge in [-0.25, -0.2) is 4.98 Å². The number of aromatic nitrogens is 5. The molecule has 0 bridgehead atoms. The first kappa shape index (κ1) is 35.2. The molecule has 0 aliphatic heterocycles. The van der Waals surface area contributed by atoms with Crippen LogP contribution >= 0.6 is 0 Å². The number of fused-ring (bicyclic) bond motifs is 10. The Bertz CT molecular complexity index is 3900. The third-order valence-corrected chi connectivity index (χ3v) is 12.4. The van der Waals surface area contributed by atoms with Crippen LogP contribution in [0, 0.1) is 0 Å². The van der Waals surface area contributed by atoms with Gasteiger partial charge in [-0.3, -0.25) is 4.57 Å². The van der Waals surface area contributed by atoms with E-state index in [1.165, 1.54) is 5.39 Å². The molecule has 0 N–H and O–H groups in total. The number of furan rings is 1. The minimum absolute atomic E-state index is 0.535. The Kier molecular flexibility index (Phi) is 7.80. The van der Waals surface area contributed by atoms with Gasteiger partial charge in [-0.1, -0.05) is 170 Å². The van der Waals surface area contributed by atoms with E-state index in [4.69, 9.17) is 19.4 Å².